The smallest absolute Gasteiger partial charge is 0.133 e. The molecule has 3 heteroatoms. The van der Waals surface area contributed by atoms with E-state index in [4.69, 9.17) is 4.98 Å². The minimum atomic E-state index is 0.0504. The summed E-state index contributed by atoms with van der Waals surface area (Å²) in [5.74, 6) is 0.884. The zero-order chi connectivity index (χ0) is 15.2. The van der Waals surface area contributed by atoms with Gasteiger partial charge in [-0.15, -0.1) is 0 Å². The van der Waals surface area contributed by atoms with E-state index in [-0.39, 0.29) is 6.61 Å². The Morgan fingerprint density at radius 2 is 1.76 bits per heavy atom. The monoisotopic (exact) mass is 284 g/mol. The first kappa shape index (κ1) is 15.5. The molecule has 21 heavy (non-hydrogen) atoms. The Labute approximate surface area is 127 Å². The topological polar surface area (TPSA) is 36.4 Å². The molecule has 0 saturated heterocycles. The molecule has 0 amide bonds. The summed E-state index contributed by atoms with van der Waals surface area (Å²) in [4.78, 5) is 6.77. The number of anilines is 2. The van der Waals surface area contributed by atoms with Crippen LogP contribution in [0.5, 0.6) is 0 Å². The van der Waals surface area contributed by atoms with Crippen LogP contribution in [-0.2, 0) is 19.4 Å². The Kier molecular flexibility index (Phi) is 5.34. The van der Waals surface area contributed by atoms with Crippen molar-refractivity contribution in [2.75, 3.05) is 11.9 Å². The van der Waals surface area contributed by atoms with Gasteiger partial charge in [-0.05, 0) is 48.2 Å². The zero-order valence-electron chi connectivity index (χ0n) is 13.1. The molecule has 0 saturated carbocycles. The van der Waals surface area contributed by atoms with Gasteiger partial charge < -0.3 is 10.0 Å². The van der Waals surface area contributed by atoms with Gasteiger partial charge in [-0.2, -0.15) is 0 Å². The van der Waals surface area contributed by atoms with Gasteiger partial charge in [0.2, 0.25) is 0 Å². The van der Waals surface area contributed by atoms with Crippen molar-refractivity contribution >= 4 is 11.5 Å². The molecule has 3 nitrogen and oxygen atoms in total. The minimum absolute atomic E-state index is 0.0504. The average molecular weight is 284 g/mol. The van der Waals surface area contributed by atoms with Crippen LogP contribution in [-0.4, -0.2) is 17.1 Å². The lowest BCUT2D eigenvalue weighted by atomic mass is 10.1. The molecule has 0 unspecified atom stereocenters. The molecular formula is C18H24N2O. The fourth-order valence-electron chi connectivity index (χ4n) is 2.37. The third-order valence-corrected chi connectivity index (χ3v) is 3.69. The van der Waals surface area contributed by atoms with E-state index >= 15 is 0 Å². The first-order valence-electron chi connectivity index (χ1n) is 7.61. The van der Waals surface area contributed by atoms with Crippen LogP contribution >= 0.6 is 0 Å². The van der Waals surface area contributed by atoms with Gasteiger partial charge in [0.15, 0.2) is 0 Å². The number of aromatic nitrogens is 1. The van der Waals surface area contributed by atoms with Gasteiger partial charge >= 0.3 is 0 Å². The highest BCUT2D eigenvalue weighted by molar-refractivity contribution is 5.60. The van der Waals surface area contributed by atoms with Crippen LogP contribution in [0.15, 0.2) is 36.4 Å². The Morgan fingerprint density at radius 3 is 2.33 bits per heavy atom. The number of benzene rings is 1. The van der Waals surface area contributed by atoms with Crippen molar-refractivity contribution in [3.8, 4) is 0 Å². The molecule has 0 fully saturated rings. The number of pyridine rings is 1. The fourth-order valence-corrected chi connectivity index (χ4v) is 2.37. The van der Waals surface area contributed by atoms with Gasteiger partial charge in [-0.1, -0.05) is 32.4 Å². The van der Waals surface area contributed by atoms with Gasteiger partial charge in [0.05, 0.1) is 6.61 Å². The molecular weight excluding hydrogens is 260 g/mol. The quantitative estimate of drug-likeness (QED) is 0.875. The first-order valence-corrected chi connectivity index (χ1v) is 7.61. The Bertz CT molecular complexity index is 578. The lowest BCUT2D eigenvalue weighted by Crippen LogP contribution is -2.12. The van der Waals surface area contributed by atoms with E-state index in [1.807, 2.05) is 19.2 Å². The lowest BCUT2D eigenvalue weighted by molar-refractivity contribution is 0.281. The number of rotatable bonds is 6. The van der Waals surface area contributed by atoms with E-state index in [0.717, 1.165) is 42.0 Å². The van der Waals surface area contributed by atoms with E-state index in [2.05, 4.69) is 43.0 Å². The van der Waals surface area contributed by atoms with Gasteiger partial charge in [0.1, 0.15) is 5.82 Å². The Morgan fingerprint density at radius 1 is 1.05 bits per heavy atom. The van der Waals surface area contributed by atoms with E-state index in [1.54, 1.807) is 0 Å². The highest BCUT2D eigenvalue weighted by Crippen LogP contribution is 2.24. The van der Waals surface area contributed by atoms with Crippen LogP contribution in [0.25, 0.3) is 0 Å². The van der Waals surface area contributed by atoms with Crippen molar-refractivity contribution in [2.24, 2.45) is 0 Å². The largest absolute Gasteiger partial charge is 0.392 e. The number of aryl methyl sites for hydroxylation is 2. The van der Waals surface area contributed by atoms with Crippen molar-refractivity contribution in [2.45, 2.75) is 39.7 Å². The number of aliphatic hydroxyl groups excluding tert-OH is 1. The summed E-state index contributed by atoms with van der Waals surface area (Å²) in [6.45, 7) is 4.34. The average Bonchev–Trinajstić information content (AvgIpc) is 2.54. The highest BCUT2D eigenvalue weighted by atomic mass is 16.3. The summed E-state index contributed by atoms with van der Waals surface area (Å²) < 4.78 is 0. The normalized spacial score (nSPS) is 10.7. The number of nitrogens with zero attached hydrogens (tertiary/aromatic N) is 2. The summed E-state index contributed by atoms with van der Waals surface area (Å²) in [6, 6.07) is 12.5. The molecule has 1 aromatic heterocycles. The second-order valence-corrected chi connectivity index (χ2v) is 5.31. The van der Waals surface area contributed by atoms with Gasteiger partial charge in [0.25, 0.3) is 0 Å². The van der Waals surface area contributed by atoms with Crippen molar-refractivity contribution < 1.29 is 5.11 Å². The van der Waals surface area contributed by atoms with Gasteiger partial charge in [-0.3, -0.25) is 0 Å². The Balaban J connectivity index is 2.31. The molecule has 0 aliphatic heterocycles. The molecule has 0 aliphatic carbocycles. The van der Waals surface area contributed by atoms with Crippen LogP contribution in [0, 0.1) is 0 Å². The van der Waals surface area contributed by atoms with Crippen LogP contribution < -0.4 is 4.90 Å². The molecule has 1 heterocycles. The van der Waals surface area contributed by atoms with Crippen LogP contribution in [0.1, 0.15) is 37.1 Å². The number of hydrogen-bond donors (Lipinski definition) is 1. The predicted octanol–water partition coefficient (Wildman–Crippen LogP) is 3.86. The molecule has 2 rings (SSSR count). The highest BCUT2D eigenvalue weighted by Gasteiger charge is 2.08. The van der Waals surface area contributed by atoms with E-state index in [0.29, 0.717) is 0 Å². The summed E-state index contributed by atoms with van der Waals surface area (Å²) >= 11 is 0. The van der Waals surface area contributed by atoms with Crippen LogP contribution in [0.4, 0.5) is 11.5 Å². The third-order valence-electron chi connectivity index (χ3n) is 3.69. The third kappa shape index (κ3) is 3.82. The molecule has 1 aromatic carbocycles. The fraction of sp³-hybridized carbons (Fsp3) is 0.389. The molecule has 1 N–H and O–H groups in total. The number of hydrogen-bond acceptors (Lipinski definition) is 3. The van der Waals surface area contributed by atoms with Gasteiger partial charge in [-0.25, -0.2) is 4.98 Å². The second kappa shape index (κ2) is 7.23. The SMILES string of the molecule is CCCc1cc(CO)cc(N(C)c2ccc(CC)cc2)n1. The molecule has 112 valence electrons. The van der Waals surface area contributed by atoms with E-state index in [1.165, 1.54) is 5.56 Å². The van der Waals surface area contributed by atoms with Crippen molar-refractivity contribution in [1.29, 1.82) is 0 Å². The molecule has 0 aliphatic rings. The summed E-state index contributed by atoms with van der Waals surface area (Å²) in [5, 5.41) is 9.43. The van der Waals surface area contributed by atoms with Crippen molar-refractivity contribution in [3.63, 3.8) is 0 Å². The Hall–Kier alpha value is -1.87. The molecule has 0 bridgehead atoms. The second-order valence-electron chi connectivity index (χ2n) is 5.31. The summed E-state index contributed by atoms with van der Waals surface area (Å²) in [6.07, 6.45) is 3.03. The summed E-state index contributed by atoms with van der Waals surface area (Å²) in [5.41, 5.74) is 4.39. The molecule has 2 aromatic rings. The first-order chi connectivity index (χ1) is 10.2. The maximum absolute atomic E-state index is 9.43. The van der Waals surface area contributed by atoms with Gasteiger partial charge in [0, 0.05) is 18.4 Å². The molecule has 0 radical (unpaired) electrons. The minimum Gasteiger partial charge on any atom is -0.392 e. The number of aliphatic hydroxyl groups is 1. The maximum atomic E-state index is 9.43. The predicted molar refractivity (Wildman–Crippen MR) is 88.0 cm³/mol. The molecule has 0 atom stereocenters. The van der Waals surface area contributed by atoms with Crippen molar-refractivity contribution in [1.82, 2.24) is 4.98 Å². The van der Waals surface area contributed by atoms with E-state index in [9.17, 15) is 5.11 Å². The zero-order valence-corrected chi connectivity index (χ0v) is 13.1. The van der Waals surface area contributed by atoms with Crippen LogP contribution in [0.2, 0.25) is 0 Å². The standard InChI is InChI=1S/C18H24N2O/c1-4-6-16-11-15(13-21)12-18(19-16)20(3)17-9-7-14(5-2)8-10-17/h7-12,21H,4-6,13H2,1-3H3. The molecule has 0 spiro atoms. The van der Waals surface area contributed by atoms with Crippen molar-refractivity contribution in [3.05, 3.63) is 53.2 Å². The lowest BCUT2D eigenvalue weighted by Gasteiger charge is -2.20. The summed E-state index contributed by atoms with van der Waals surface area (Å²) in [7, 11) is 2.01. The maximum Gasteiger partial charge on any atom is 0.133 e. The van der Waals surface area contributed by atoms with Crippen LogP contribution in [0.3, 0.4) is 0 Å². The van der Waals surface area contributed by atoms with E-state index < -0.39 is 0 Å².